The van der Waals surface area contributed by atoms with Gasteiger partial charge in [0.15, 0.2) is 0 Å². The van der Waals surface area contributed by atoms with Crippen molar-refractivity contribution in [3.8, 4) is 0 Å². The Balaban J connectivity index is 0.00000192. The molecule has 2 atom stereocenters. The van der Waals surface area contributed by atoms with Crippen LogP contribution in [0.5, 0.6) is 0 Å². The van der Waals surface area contributed by atoms with Gasteiger partial charge in [-0.05, 0) is 25.3 Å². The molecule has 1 aliphatic heterocycles. The Kier molecular flexibility index (Phi) is 5.31. The van der Waals surface area contributed by atoms with E-state index in [2.05, 4.69) is 41.4 Å². The Morgan fingerprint density at radius 3 is 2.65 bits per heavy atom. The first-order valence-corrected chi connectivity index (χ1v) is 8.26. The molecule has 0 unspecified atom stereocenters. The van der Waals surface area contributed by atoms with Crippen molar-refractivity contribution >= 4 is 24.0 Å². The van der Waals surface area contributed by atoms with Gasteiger partial charge < -0.3 is 10.6 Å². The fourth-order valence-corrected chi connectivity index (χ4v) is 3.73. The van der Waals surface area contributed by atoms with Crippen LogP contribution in [0.4, 0.5) is 5.69 Å². The van der Waals surface area contributed by atoms with Gasteiger partial charge >= 0.3 is 0 Å². The summed E-state index contributed by atoms with van der Waals surface area (Å²) in [6.45, 7) is 8.00. The molecule has 2 fully saturated rings. The van der Waals surface area contributed by atoms with E-state index >= 15 is 0 Å². The molecule has 6 heteroatoms. The number of rotatable bonds is 2. The Hall–Kier alpha value is -1.20. The minimum Gasteiger partial charge on any atom is -0.323 e. The van der Waals surface area contributed by atoms with E-state index in [9.17, 15) is 4.79 Å². The van der Waals surface area contributed by atoms with Gasteiger partial charge in [-0.15, -0.1) is 12.4 Å². The second kappa shape index (κ2) is 6.73. The van der Waals surface area contributed by atoms with Crippen LogP contribution in [0.1, 0.15) is 52.3 Å². The van der Waals surface area contributed by atoms with Gasteiger partial charge in [-0.1, -0.05) is 33.6 Å². The van der Waals surface area contributed by atoms with E-state index < -0.39 is 0 Å². The Morgan fingerprint density at radius 1 is 1.30 bits per heavy atom. The number of carbonyl (C=O) groups is 1. The lowest BCUT2D eigenvalue weighted by atomic mass is 9.67. The van der Waals surface area contributed by atoms with Crippen molar-refractivity contribution in [3.05, 3.63) is 18.2 Å². The SMILES string of the molecule is CC(C)(C)c1ncc(NC(=O)[C@@]23CCCC[C@H]2CNC3)cn1.Cl. The number of amides is 1. The molecular weight excluding hydrogens is 312 g/mol. The van der Waals surface area contributed by atoms with Crippen molar-refractivity contribution < 1.29 is 4.79 Å². The minimum absolute atomic E-state index is 0. The van der Waals surface area contributed by atoms with Crippen molar-refractivity contribution in [1.29, 1.82) is 0 Å². The smallest absolute Gasteiger partial charge is 0.232 e. The normalized spacial score (nSPS) is 27.0. The molecule has 0 aromatic carbocycles. The summed E-state index contributed by atoms with van der Waals surface area (Å²) in [5.41, 5.74) is 0.384. The fraction of sp³-hybridized carbons (Fsp3) is 0.706. The summed E-state index contributed by atoms with van der Waals surface area (Å²) in [6.07, 6.45) is 7.97. The number of aromatic nitrogens is 2. The lowest BCUT2D eigenvalue weighted by Gasteiger charge is -2.37. The van der Waals surface area contributed by atoms with E-state index in [0.29, 0.717) is 11.6 Å². The predicted molar refractivity (Wildman–Crippen MR) is 93.9 cm³/mol. The highest BCUT2D eigenvalue weighted by molar-refractivity contribution is 5.95. The van der Waals surface area contributed by atoms with E-state index in [1.165, 1.54) is 6.42 Å². The third-order valence-electron chi connectivity index (χ3n) is 5.07. The summed E-state index contributed by atoms with van der Waals surface area (Å²) in [5, 5.41) is 6.46. The fourth-order valence-electron chi connectivity index (χ4n) is 3.73. The molecular formula is C17H27ClN4O. The lowest BCUT2D eigenvalue weighted by Crippen LogP contribution is -2.44. The summed E-state index contributed by atoms with van der Waals surface area (Å²) in [7, 11) is 0. The predicted octanol–water partition coefficient (Wildman–Crippen LogP) is 2.91. The van der Waals surface area contributed by atoms with Gasteiger partial charge in [0.25, 0.3) is 0 Å². The van der Waals surface area contributed by atoms with E-state index in [0.717, 1.165) is 38.2 Å². The quantitative estimate of drug-likeness (QED) is 0.870. The molecule has 1 saturated heterocycles. The average Bonchev–Trinajstić information content (AvgIpc) is 2.92. The molecule has 23 heavy (non-hydrogen) atoms. The molecule has 2 N–H and O–H groups in total. The number of fused-ring (bicyclic) bond motifs is 1. The van der Waals surface area contributed by atoms with Gasteiger partial charge in [0.2, 0.25) is 5.91 Å². The third-order valence-corrected chi connectivity index (χ3v) is 5.07. The lowest BCUT2D eigenvalue weighted by molar-refractivity contribution is -0.128. The van der Waals surface area contributed by atoms with Crippen LogP contribution >= 0.6 is 12.4 Å². The molecule has 3 rings (SSSR count). The van der Waals surface area contributed by atoms with Crippen molar-refractivity contribution in [2.45, 2.75) is 51.9 Å². The number of hydrogen-bond donors (Lipinski definition) is 2. The van der Waals surface area contributed by atoms with Crippen LogP contribution < -0.4 is 10.6 Å². The molecule has 1 amide bonds. The summed E-state index contributed by atoms with van der Waals surface area (Å²) < 4.78 is 0. The number of halogens is 1. The first-order valence-electron chi connectivity index (χ1n) is 8.26. The highest BCUT2D eigenvalue weighted by atomic mass is 35.5. The number of hydrogen-bond acceptors (Lipinski definition) is 4. The maximum Gasteiger partial charge on any atom is 0.232 e. The first kappa shape index (κ1) is 18.1. The second-order valence-corrected chi connectivity index (χ2v) is 7.73. The van der Waals surface area contributed by atoms with Crippen LogP contribution in [0.3, 0.4) is 0 Å². The van der Waals surface area contributed by atoms with E-state index in [1.54, 1.807) is 12.4 Å². The molecule has 0 radical (unpaired) electrons. The summed E-state index contributed by atoms with van der Waals surface area (Å²) in [5.74, 6) is 1.40. The zero-order valence-electron chi connectivity index (χ0n) is 14.2. The molecule has 2 aliphatic rings. The van der Waals surface area contributed by atoms with E-state index in [-0.39, 0.29) is 29.1 Å². The van der Waals surface area contributed by atoms with Crippen LogP contribution in [0.25, 0.3) is 0 Å². The first-order chi connectivity index (χ1) is 10.4. The summed E-state index contributed by atoms with van der Waals surface area (Å²) in [6, 6.07) is 0. The highest BCUT2D eigenvalue weighted by Crippen LogP contribution is 2.44. The Labute approximate surface area is 144 Å². The van der Waals surface area contributed by atoms with Gasteiger partial charge in [0.1, 0.15) is 5.82 Å². The standard InChI is InChI=1S/C17H26N4O.ClH/c1-16(2,3)14-19-9-13(10-20-14)21-15(22)17-7-5-4-6-12(17)8-18-11-17;/h9-10,12,18H,4-8,11H2,1-3H3,(H,21,22);1H/t12-,17+;/m0./s1. The van der Waals surface area contributed by atoms with Crippen molar-refractivity contribution in [2.24, 2.45) is 11.3 Å². The van der Waals surface area contributed by atoms with Gasteiger partial charge in [-0.3, -0.25) is 4.79 Å². The number of nitrogens with zero attached hydrogens (tertiary/aromatic N) is 2. The summed E-state index contributed by atoms with van der Waals surface area (Å²) >= 11 is 0. The molecule has 128 valence electrons. The van der Waals surface area contributed by atoms with Crippen molar-refractivity contribution in [2.75, 3.05) is 18.4 Å². The van der Waals surface area contributed by atoms with Gasteiger partial charge in [-0.2, -0.15) is 0 Å². The van der Waals surface area contributed by atoms with Gasteiger partial charge in [0.05, 0.1) is 23.5 Å². The van der Waals surface area contributed by atoms with E-state index in [4.69, 9.17) is 0 Å². The highest BCUT2D eigenvalue weighted by Gasteiger charge is 2.49. The van der Waals surface area contributed by atoms with Crippen molar-refractivity contribution in [1.82, 2.24) is 15.3 Å². The van der Waals surface area contributed by atoms with Crippen LogP contribution in [0, 0.1) is 11.3 Å². The second-order valence-electron chi connectivity index (χ2n) is 7.73. The maximum atomic E-state index is 12.8. The van der Waals surface area contributed by atoms with Crippen LogP contribution in [-0.4, -0.2) is 29.0 Å². The maximum absolute atomic E-state index is 12.8. The zero-order chi connectivity index (χ0) is 15.8. The molecule has 2 heterocycles. The van der Waals surface area contributed by atoms with Crippen LogP contribution in [0.2, 0.25) is 0 Å². The average molecular weight is 339 g/mol. The topological polar surface area (TPSA) is 66.9 Å². The Morgan fingerprint density at radius 2 is 2.00 bits per heavy atom. The number of anilines is 1. The Bertz CT molecular complexity index is 555. The van der Waals surface area contributed by atoms with Crippen molar-refractivity contribution in [3.63, 3.8) is 0 Å². The molecule has 1 saturated carbocycles. The molecule has 5 nitrogen and oxygen atoms in total. The molecule has 1 aromatic rings. The zero-order valence-corrected chi connectivity index (χ0v) is 15.0. The van der Waals surface area contributed by atoms with Crippen LogP contribution in [0.15, 0.2) is 12.4 Å². The largest absolute Gasteiger partial charge is 0.323 e. The van der Waals surface area contributed by atoms with Gasteiger partial charge in [-0.25, -0.2) is 9.97 Å². The van der Waals surface area contributed by atoms with Gasteiger partial charge in [0, 0.05) is 12.0 Å². The third kappa shape index (κ3) is 3.50. The molecule has 0 bridgehead atoms. The number of carbonyl (C=O) groups excluding carboxylic acids is 1. The summed E-state index contributed by atoms with van der Waals surface area (Å²) in [4.78, 5) is 21.6. The van der Waals surface area contributed by atoms with E-state index in [1.807, 2.05) is 0 Å². The minimum atomic E-state index is -0.235. The molecule has 1 aliphatic carbocycles. The monoisotopic (exact) mass is 338 g/mol. The molecule has 1 aromatic heterocycles. The molecule has 0 spiro atoms. The number of nitrogens with one attached hydrogen (secondary N) is 2. The van der Waals surface area contributed by atoms with Crippen LogP contribution in [-0.2, 0) is 10.2 Å².